The van der Waals surface area contributed by atoms with Gasteiger partial charge < -0.3 is 18.9 Å². The van der Waals surface area contributed by atoms with Gasteiger partial charge in [0.05, 0.1) is 14.5 Å². The number of hydrogen-bond acceptors (Lipinski definition) is 6. The van der Waals surface area contributed by atoms with Gasteiger partial charge in [-0.05, 0) is 48.2 Å². The van der Waals surface area contributed by atoms with Crippen molar-refractivity contribution in [2.45, 2.75) is 53.4 Å². The second-order valence-corrected chi connectivity index (χ2v) is 11.2. The smallest absolute Gasteiger partial charge is 0.303 e. The first-order valence-corrected chi connectivity index (χ1v) is 13.8. The average Bonchev–Trinajstić information content (AvgIpc) is 2.79. The molecular formula is C25H27ClI2O6. The molecule has 5 unspecified atom stereocenters. The third-order valence-corrected chi connectivity index (χ3v) is 10.2. The van der Waals surface area contributed by atoms with E-state index in [1.165, 1.54) is 13.8 Å². The van der Waals surface area contributed by atoms with E-state index in [1.807, 2.05) is 49.4 Å². The summed E-state index contributed by atoms with van der Waals surface area (Å²) >= 11 is 11.1. The van der Waals surface area contributed by atoms with Crippen LogP contribution in [0.25, 0.3) is 0 Å². The molecule has 1 aliphatic heterocycles. The van der Waals surface area contributed by atoms with Gasteiger partial charge in [0.25, 0.3) is 0 Å². The quantitative estimate of drug-likeness (QED) is 0.194. The van der Waals surface area contributed by atoms with Crippen molar-refractivity contribution in [3.63, 3.8) is 0 Å². The van der Waals surface area contributed by atoms with Crippen molar-refractivity contribution in [3.8, 4) is 5.75 Å². The van der Waals surface area contributed by atoms with Crippen LogP contribution in [-0.2, 0) is 30.2 Å². The molecule has 3 rings (SSSR count). The van der Waals surface area contributed by atoms with Crippen molar-refractivity contribution in [2.75, 3.05) is 13.2 Å². The van der Waals surface area contributed by atoms with Gasteiger partial charge in [-0.3, -0.25) is 9.59 Å². The maximum absolute atomic E-state index is 11.9. The molecule has 9 heteroatoms. The number of halogens is 3. The Morgan fingerprint density at radius 3 is 2.35 bits per heavy atom. The molecule has 1 saturated heterocycles. The lowest BCUT2D eigenvalue weighted by molar-refractivity contribution is -0.173. The molecule has 1 aliphatic rings. The minimum Gasteiger partial charge on any atom is -0.494 e. The van der Waals surface area contributed by atoms with Crippen molar-refractivity contribution in [2.24, 2.45) is 0 Å². The number of carbonyl (C=O) groups excluding carboxylic acids is 2. The second-order valence-electron chi connectivity index (χ2n) is 7.97. The van der Waals surface area contributed by atoms with E-state index in [2.05, 4.69) is 45.2 Å². The topological polar surface area (TPSA) is 71.1 Å². The van der Waals surface area contributed by atoms with Crippen LogP contribution >= 0.6 is 56.8 Å². The largest absolute Gasteiger partial charge is 0.494 e. The number of carbonyl (C=O) groups is 2. The SMILES string of the molecule is CCOc1ccc(Cc2cc(C3OC(COC(C)=O)C(I)C(I)C3OC(C)=O)ccc2Cl)cc1. The van der Waals surface area contributed by atoms with E-state index >= 15 is 0 Å². The van der Waals surface area contributed by atoms with Gasteiger partial charge in [0.15, 0.2) is 0 Å². The zero-order valence-corrected chi connectivity index (χ0v) is 24.2. The zero-order chi connectivity index (χ0) is 24.8. The van der Waals surface area contributed by atoms with Gasteiger partial charge in [0.2, 0.25) is 0 Å². The number of esters is 2. The van der Waals surface area contributed by atoms with Gasteiger partial charge in [-0.25, -0.2) is 0 Å². The molecule has 0 aliphatic carbocycles. The number of ether oxygens (including phenoxy) is 4. The van der Waals surface area contributed by atoms with Crippen LogP contribution in [0.1, 0.15) is 43.6 Å². The summed E-state index contributed by atoms with van der Waals surface area (Å²) in [6, 6.07) is 13.7. The molecule has 1 fully saturated rings. The molecule has 1 heterocycles. The first-order chi connectivity index (χ1) is 16.2. The van der Waals surface area contributed by atoms with Gasteiger partial charge in [0, 0.05) is 18.9 Å². The van der Waals surface area contributed by atoms with E-state index in [4.69, 9.17) is 30.5 Å². The lowest BCUT2D eigenvalue weighted by atomic mass is 9.93. The van der Waals surface area contributed by atoms with E-state index in [0.29, 0.717) is 18.1 Å². The van der Waals surface area contributed by atoms with Crippen molar-refractivity contribution >= 4 is 68.7 Å². The molecule has 0 saturated carbocycles. The molecule has 6 nitrogen and oxygen atoms in total. The van der Waals surface area contributed by atoms with Gasteiger partial charge in [0.1, 0.15) is 30.7 Å². The Labute approximate surface area is 232 Å². The molecule has 0 N–H and O–H groups in total. The van der Waals surface area contributed by atoms with Crippen molar-refractivity contribution in [3.05, 3.63) is 64.2 Å². The van der Waals surface area contributed by atoms with Gasteiger partial charge in [-0.1, -0.05) is 81.0 Å². The van der Waals surface area contributed by atoms with Crippen LogP contribution < -0.4 is 4.74 Å². The molecule has 0 bridgehead atoms. The monoisotopic (exact) mass is 712 g/mol. The Balaban J connectivity index is 1.89. The van der Waals surface area contributed by atoms with Crippen molar-refractivity contribution in [1.82, 2.24) is 0 Å². The molecule has 2 aromatic rings. The fourth-order valence-electron chi connectivity index (χ4n) is 3.81. The van der Waals surface area contributed by atoms with E-state index < -0.39 is 12.2 Å². The summed E-state index contributed by atoms with van der Waals surface area (Å²) in [5, 5.41) is 0.645. The fraction of sp³-hybridized carbons (Fsp3) is 0.440. The Morgan fingerprint density at radius 2 is 1.74 bits per heavy atom. The van der Waals surface area contributed by atoms with Crippen LogP contribution in [0.15, 0.2) is 42.5 Å². The zero-order valence-electron chi connectivity index (χ0n) is 19.1. The second kappa shape index (κ2) is 12.7. The Kier molecular flexibility index (Phi) is 10.3. The molecule has 184 valence electrons. The Morgan fingerprint density at radius 1 is 1.03 bits per heavy atom. The minimum absolute atomic E-state index is 0.0197. The lowest BCUT2D eigenvalue weighted by Gasteiger charge is -2.42. The highest BCUT2D eigenvalue weighted by Gasteiger charge is 2.46. The molecule has 0 spiro atoms. The maximum atomic E-state index is 11.9. The Bertz CT molecular complexity index is 997. The van der Waals surface area contributed by atoms with Gasteiger partial charge >= 0.3 is 11.9 Å². The standard InChI is InChI=1S/C25H27ClI2O6/c1-4-31-19-8-5-16(6-9-19)11-18-12-17(7-10-20(18)26)24-25(33-15(3)30)23(28)22(27)21(34-24)13-32-14(2)29/h5-10,12,21-25H,4,11,13H2,1-3H3. The molecule has 34 heavy (non-hydrogen) atoms. The number of hydrogen-bond donors (Lipinski definition) is 0. The summed E-state index contributed by atoms with van der Waals surface area (Å²) in [4.78, 5) is 23.3. The summed E-state index contributed by atoms with van der Waals surface area (Å²) in [7, 11) is 0. The number of rotatable bonds is 8. The molecular weight excluding hydrogens is 686 g/mol. The number of benzene rings is 2. The highest BCUT2D eigenvalue weighted by molar-refractivity contribution is 14.1. The van der Waals surface area contributed by atoms with Crippen LogP contribution in [0.4, 0.5) is 0 Å². The Hall–Kier alpha value is -1.11. The predicted molar refractivity (Wildman–Crippen MR) is 147 cm³/mol. The van der Waals surface area contributed by atoms with E-state index in [1.54, 1.807) is 0 Å². The summed E-state index contributed by atoms with van der Waals surface area (Å²) in [6.45, 7) is 5.47. The minimum atomic E-state index is -0.520. The fourth-order valence-corrected chi connectivity index (χ4v) is 5.77. The highest BCUT2D eigenvalue weighted by Crippen LogP contribution is 2.41. The average molecular weight is 713 g/mol. The van der Waals surface area contributed by atoms with Crippen LogP contribution in [0.3, 0.4) is 0 Å². The van der Waals surface area contributed by atoms with Gasteiger partial charge in [-0.15, -0.1) is 0 Å². The first-order valence-electron chi connectivity index (χ1n) is 10.9. The third-order valence-electron chi connectivity index (χ3n) is 5.37. The number of alkyl halides is 2. The molecule has 0 aromatic heterocycles. The van der Waals surface area contributed by atoms with E-state index in [-0.39, 0.29) is 32.5 Å². The van der Waals surface area contributed by atoms with Crippen LogP contribution in [0.5, 0.6) is 5.75 Å². The predicted octanol–water partition coefficient (Wildman–Crippen LogP) is 5.87. The van der Waals surface area contributed by atoms with E-state index in [9.17, 15) is 9.59 Å². The van der Waals surface area contributed by atoms with Gasteiger partial charge in [-0.2, -0.15) is 0 Å². The molecule has 5 atom stereocenters. The molecule has 0 amide bonds. The van der Waals surface area contributed by atoms with Crippen molar-refractivity contribution in [1.29, 1.82) is 0 Å². The maximum Gasteiger partial charge on any atom is 0.303 e. The third kappa shape index (κ3) is 7.20. The first kappa shape index (κ1) is 27.5. The summed E-state index contributed by atoms with van der Waals surface area (Å²) in [5.41, 5.74) is 2.89. The van der Waals surface area contributed by atoms with Crippen LogP contribution in [0.2, 0.25) is 5.02 Å². The summed E-state index contributed by atoms with van der Waals surface area (Å²) in [5.74, 6) is 0.0945. The van der Waals surface area contributed by atoms with Crippen LogP contribution in [0, 0.1) is 0 Å². The molecule has 2 aromatic carbocycles. The van der Waals surface area contributed by atoms with Crippen molar-refractivity contribution < 1.29 is 28.5 Å². The highest BCUT2D eigenvalue weighted by atomic mass is 127. The normalized spacial score (nSPS) is 24.4. The molecule has 0 radical (unpaired) electrons. The lowest BCUT2D eigenvalue weighted by Crippen LogP contribution is -2.51. The van der Waals surface area contributed by atoms with E-state index in [0.717, 1.165) is 22.4 Å². The summed E-state index contributed by atoms with van der Waals surface area (Å²) in [6.07, 6.45) is -0.723. The van der Waals surface area contributed by atoms with Crippen LogP contribution in [-0.4, -0.2) is 45.2 Å². The summed E-state index contributed by atoms with van der Waals surface area (Å²) < 4.78 is 22.8.